The van der Waals surface area contributed by atoms with E-state index in [0.29, 0.717) is 26.9 Å². The molecule has 1 aliphatic rings. The van der Waals surface area contributed by atoms with Crippen LogP contribution in [0.4, 0.5) is 23.7 Å². The Kier molecular flexibility index (Phi) is 7.82. The average Bonchev–Trinajstić information content (AvgIpc) is 3.08. The predicted octanol–water partition coefficient (Wildman–Crippen LogP) is 7.38. The van der Waals surface area contributed by atoms with Crippen molar-refractivity contribution in [1.82, 2.24) is 4.90 Å². The van der Waals surface area contributed by atoms with Gasteiger partial charge in [0.05, 0.1) is 21.5 Å². The molecule has 1 N–H and O–H groups in total. The van der Waals surface area contributed by atoms with E-state index in [1.54, 1.807) is 42.5 Å². The van der Waals surface area contributed by atoms with Gasteiger partial charge >= 0.3 is 6.36 Å². The van der Waals surface area contributed by atoms with Crippen molar-refractivity contribution in [3.63, 3.8) is 0 Å². The molecule has 3 aromatic rings. The summed E-state index contributed by atoms with van der Waals surface area (Å²) in [7, 11) is 0. The van der Waals surface area contributed by atoms with Gasteiger partial charge in [-0.2, -0.15) is 0 Å². The lowest BCUT2D eigenvalue weighted by Gasteiger charge is -2.13. The summed E-state index contributed by atoms with van der Waals surface area (Å²) in [6.07, 6.45) is -3.30. The maximum Gasteiger partial charge on any atom is 0.573 e. The lowest BCUT2D eigenvalue weighted by atomic mass is 10.1. The number of hydrogen-bond donors (Lipinski definition) is 1. The van der Waals surface area contributed by atoms with Crippen LogP contribution < -0.4 is 10.1 Å². The Morgan fingerprint density at radius 1 is 1.00 bits per heavy atom. The van der Waals surface area contributed by atoms with Crippen molar-refractivity contribution in [2.75, 3.05) is 5.32 Å². The fourth-order valence-corrected chi connectivity index (χ4v) is 4.48. The summed E-state index contributed by atoms with van der Waals surface area (Å²) in [6.45, 7) is 0.0296. The Bertz CT molecular complexity index is 1410. The summed E-state index contributed by atoms with van der Waals surface area (Å²) >= 11 is 12.7. The number of amides is 3. The van der Waals surface area contributed by atoms with Crippen LogP contribution >= 0.6 is 35.0 Å². The molecule has 37 heavy (non-hydrogen) atoms. The number of rotatable bonds is 6. The van der Waals surface area contributed by atoms with Gasteiger partial charge in [-0.05, 0) is 77.5 Å². The standard InChI is InChI=1S/C25H15Cl2F3N2O4S/c26-19-9-4-15(11-20(19)27)13-32-23(34)21(37-24(32)35)12-14-2-1-3-17(10-14)31-22(33)16-5-7-18(8-6-16)36-25(28,29)30/h1-12H,13H2,(H,31,33). The zero-order chi connectivity index (χ0) is 26.7. The summed E-state index contributed by atoms with van der Waals surface area (Å²) in [5, 5.41) is 2.87. The first-order valence-corrected chi connectivity index (χ1v) is 12.0. The van der Waals surface area contributed by atoms with E-state index >= 15 is 0 Å². The SMILES string of the molecule is O=C(Nc1cccc(C=C2SC(=O)N(Cc3ccc(Cl)c(Cl)c3)C2=O)c1)c1ccc(OC(F)(F)F)cc1. The molecule has 0 saturated carbocycles. The van der Waals surface area contributed by atoms with Gasteiger partial charge < -0.3 is 10.1 Å². The van der Waals surface area contributed by atoms with Gasteiger partial charge in [0, 0.05) is 11.3 Å². The molecule has 3 amide bonds. The van der Waals surface area contributed by atoms with Gasteiger partial charge in [-0.25, -0.2) is 0 Å². The van der Waals surface area contributed by atoms with Crippen LogP contribution in [0.15, 0.2) is 71.6 Å². The highest BCUT2D eigenvalue weighted by atomic mass is 35.5. The van der Waals surface area contributed by atoms with E-state index in [2.05, 4.69) is 10.1 Å². The molecule has 6 nitrogen and oxygen atoms in total. The van der Waals surface area contributed by atoms with E-state index in [0.717, 1.165) is 28.8 Å². The second kappa shape index (κ2) is 10.9. The van der Waals surface area contributed by atoms with E-state index in [9.17, 15) is 27.6 Å². The lowest BCUT2D eigenvalue weighted by Crippen LogP contribution is -2.27. The largest absolute Gasteiger partial charge is 0.573 e. The minimum atomic E-state index is -4.83. The number of halogens is 5. The molecular weight excluding hydrogens is 552 g/mol. The van der Waals surface area contributed by atoms with Crippen LogP contribution in [-0.4, -0.2) is 28.3 Å². The minimum absolute atomic E-state index is 0.0296. The number of hydrogen-bond acceptors (Lipinski definition) is 5. The van der Waals surface area contributed by atoms with Gasteiger partial charge in [0.2, 0.25) is 0 Å². The first-order chi connectivity index (χ1) is 17.5. The van der Waals surface area contributed by atoms with E-state index < -0.39 is 29.2 Å². The molecule has 0 spiro atoms. The number of thioether (sulfide) groups is 1. The molecule has 0 aliphatic carbocycles. The molecule has 0 aromatic heterocycles. The van der Waals surface area contributed by atoms with Crippen LogP contribution in [0.3, 0.4) is 0 Å². The molecule has 1 heterocycles. The van der Waals surface area contributed by atoms with E-state index in [1.807, 2.05) is 0 Å². The Morgan fingerprint density at radius 2 is 1.73 bits per heavy atom. The second-order valence-corrected chi connectivity index (χ2v) is 9.48. The van der Waals surface area contributed by atoms with Crippen molar-refractivity contribution in [2.24, 2.45) is 0 Å². The third kappa shape index (κ3) is 6.85. The van der Waals surface area contributed by atoms with Gasteiger partial charge in [-0.15, -0.1) is 13.2 Å². The van der Waals surface area contributed by atoms with Crippen molar-refractivity contribution in [2.45, 2.75) is 12.9 Å². The normalized spacial score (nSPS) is 14.8. The van der Waals surface area contributed by atoms with Crippen molar-refractivity contribution in [1.29, 1.82) is 0 Å². The number of nitrogens with one attached hydrogen (secondary N) is 1. The van der Waals surface area contributed by atoms with Crippen LogP contribution in [0, 0.1) is 0 Å². The number of ether oxygens (including phenoxy) is 1. The lowest BCUT2D eigenvalue weighted by molar-refractivity contribution is -0.274. The highest BCUT2D eigenvalue weighted by molar-refractivity contribution is 8.18. The molecule has 1 saturated heterocycles. The van der Waals surface area contributed by atoms with Crippen LogP contribution in [-0.2, 0) is 11.3 Å². The fraction of sp³-hybridized carbons (Fsp3) is 0.0800. The zero-order valence-corrected chi connectivity index (χ0v) is 20.8. The number of imide groups is 1. The molecular formula is C25H15Cl2F3N2O4S. The quantitative estimate of drug-likeness (QED) is 0.315. The Morgan fingerprint density at radius 3 is 2.41 bits per heavy atom. The maximum atomic E-state index is 12.8. The smallest absolute Gasteiger partial charge is 0.406 e. The molecule has 190 valence electrons. The van der Waals surface area contributed by atoms with Gasteiger partial charge in [0.1, 0.15) is 5.75 Å². The molecule has 0 unspecified atom stereocenters. The van der Waals surface area contributed by atoms with E-state index in [-0.39, 0.29) is 17.0 Å². The zero-order valence-electron chi connectivity index (χ0n) is 18.5. The summed E-state index contributed by atoms with van der Waals surface area (Å²) in [5.41, 5.74) is 1.68. The van der Waals surface area contributed by atoms with E-state index in [4.69, 9.17) is 23.2 Å². The number of anilines is 1. The number of alkyl halides is 3. The minimum Gasteiger partial charge on any atom is -0.406 e. The van der Waals surface area contributed by atoms with Crippen LogP contribution in [0.1, 0.15) is 21.5 Å². The number of nitrogens with zero attached hydrogens (tertiary/aromatic N) is 1. The topological polar surface area (TPSA) is 75.7 Å². The molecule has 0 bridgehead atoms. The second-order valence-electron chi connectivity index (χ2n) is 7.67. The monoisotopic (exact) mass is 566 g/mol. The highest BCUT2D eigenvalue weighted by Crippen LogP contribution is 2.34. The Hall–Kier alpha value is -3.47. The summed E-state index contributed by atoms with van der Waals surface area (Å²) < 4.78 is 40.7. The number of benzene rings is 3. The summed E-state index contributed by atoms with van der Waals surface area (Å²) in [4.78, 5) is 39.1. The van der Waals surface area contributed by atoms with Crippen molar-refractivity contribution >= 4 is 63.8 Å². The van der Waals surface area contributed by atoms with Crippen molar-refractivity contribution in [3.8, 4) is 5.75 Å². The van der Waals surface area contributed by atoms with Crippen LogP contribution in [0.5, 0.6) is 5.75 Å². The molecule has 12 heteroatoms. The van der Waals surface area contributed by atoms with Crippen molar-refractivity contribution in [3.05, 3.63) is 98.4 Å². The molecule has 0 radical (unpaired) electrons. The predicted molar refractivity (Wildman–Crippen MR) is 135 cm³/mol. The summed E-state index contributed by atoms with van der Waals surface area (Å²) in [6, 6.07) is 15.8. The molecule has 3 aromatic carbocycles. The molecule has 4 rings (SSSR count). The van der Waals surface area contributed by atoms with Gasteiger partial charge in [0.15, 0.2) is 0 Å². The third-order valence-corrected chi connectivity index (χ3v) is 6.64. The van der Waals surface area contributed by atoms with Crippen LogP contribution in [0.2, 0.25) is 10.0 Å². The summed E-state index contributed by atoms with van der Waals surface area (Å²) in [5.74, 6) is -1.48. The first-order valence-electron chi connectivity index (χ1n) is 10.4. The number of carbonyl (C=O) groups is 3. The Balaban J connectivity index is 1.44. The average molecular weight is 567 g/mol. The third-order valence-electron chi connectivity index (χ3n) is 4.99. The molecule has 1 aliphatic heterocycles. The molecule has 0 atom stereocenters. The maximum absolute atomic E-state index is 12.8. The van der Waals surface area contributed by atoms with Gasteiger partial charge in [0.25, 0.3) is 17.1 Å². The Labute approximate surface area is 223 Å². The first kappa shape index (κ1) is 26.6. The number of carbonyl (C=O) groups excluding carboxylic acids is 3. The van der Waals surface area contributed by atoms with Gasteiger partial charge in [-0.3, -0.25) is 19.3 Å². The fourth-order valence-electron chi connectivity index (χ4n) is 3.33. The van der Waals surface area contributed by atoms with Crippen molar-refractivity contribution < 1.29 is 32.3 Å². The van der Waals surface area contributed by atoms with E-state index in [1.165, 1.54) is 18.2 Å². The van der Waals surface area contributed by atoms with Crippen LogP contribution in [0.25, 0.3) is 6.08 Å². The molecule has 1 fully saturated rings. The van der Waals surface area contributed by atoms with Gasteiger partial charge in [-0.1, -0.05) is 41.4 Å². The highest BCUT2D eigenvalue weighted by Gasteiger charge is 2.35.